The van der Waals surface area contributed by atoms with Crippen molar-refractivity contribution in [1.29, 1.82) is 0 Å². The summed E-state index contributed by atoms with van der Waals surface area (Å²) in [5.41, 5.74) is 3.94. The molecule has 9 heteroatoms. The first-order valence-electron chi connectivity index (χ1n) is 11.3. The molecule has 0 aromatic heterocycles. The molecule has 0 aliphatic carbocycles. The zero-order chi connectivity index (χ0) is 23.4. The van der Waals surface area contributed by atoms with E-state index in [2.05, 4.69) is 33.7 Å². The fourth-order valence-corrected chi connectivity index (χ4v) is 5.41. The average Bonchev–Trinajstić information content (AvgIpc) is 3.27. The summed E-state index contributed by atoms with van der Waals surface area (Å²) in [6.07, 6.45) is 2.26. The second-order valence-electron chi connectivity index (χ2n) is 8.95. The van der Waals surface area contributed by atoms with Gasteiger partial charge in [0, 0.05) is 56.6 Å². The molecule has 2 aliphatic rings. The third-order valence-electron chi connectivity index (χ3n) is 6.29. The maximum Gasteiger partial charge on any atom is 0.251 e. The number of carbonyl (C=O) groups is 1. The highest BCUT2D eigenvalue weighted by molar-refractivity contribution is 7.88. The van der Waals surface area contributed by atoms with Crippen molar-refractivity contribution < 1.29 is 18.3 Å². The van der Waals surface area contributed by atoms with Crippen LogP contribution >= 0.6 is 0 Å². The summed E-state index contributed by atoms with van der Waals surface area (Å²) in [6.45, 7) is 3.31. The number of benzene rings is 2. The van der Waals surface area contributed by atoms with E-state index in [4.69, 9.17) is 0 Å². The number of amides is 1. The van der Waals surface area contributed by atoms with Gasteiger partial charge in [-0.1, -0.05) is 30.3 Å². The Morgan fingerprint density at radius 3 is 2.70 bits per heavy atom. The molecule has 178 valence electrons. The van der Waals surface area contributed by atoms with E-state index in [1.54, 1.807) is 18.2 Å². The predicted octanol–water partition coefficient (Wildman–Crippen LogP) is 1.28. The van der Waals surface area contributed by atoms with Crippen molar-refractivity contribution in [3.63, 3.8) is 0 Å². The quantitative estimate of drug-likeness (QED) is 0.535. The Bertz CT molecular complexity index is 1090. The summed E-state index contributed by atoms with van der Waals surface area (Å²) in [5, 5.41) is 16.6. The van der Waals surface area contributed by atoms with Gasteiger partial charge in [-0.25, -0.2) is 12.7 Å². The smallest absolute Gasteiger partial charge is 0.251 e. The largest absolute Gasteiger partial charge is 0.390 e. The SMILES string of the molecule is CS(=O)(=O)N1CCC(Nc2cccc(C(=O)NCC(O)CN3CCc4ccccc4C3)c2)C1. The van der Waals surface area contributed by atoms with Gasteiger partial charge in [0.05, 0.1) is 12.4 Å². The first-order valence-corrected chi connectivity index (χ1v) is 13.2. The summed E-state index contributed by atoms with van der Waals surface area (Å²) < 4.78 is 24.9. The highest BCUT2D eigenvalue weighted by atomic mass is 32.2. The highest BCUT2D eigenvalue weighted by Crippen LogP contribution is 2.20. The minimum Gasteiger partial charge on any atom is -0.390 e. The van der Waals surface area contributed by atoms with E-state index in [0.717, 1.165) is 31.6 Å². The molecular formula is C24H32N4O4S. The fourth-order valence-electron chi connectivity index (χ4n) is 4.52. The number of carbonyl (C=O) groups excluding carboxylic acids is 1. The van der Waals surface area contributed by atoms with Crippen LogP contribution in [0.5, 0.6) is 0 Å². The highest BCUT2D eigenvalue weighted by Gasteiger charge is 2.28. The third-order valence-corrected chi connectivity index (χ3v) is 7.56. The molecule has 2 heterocycles. The lowest BCUT2D eigenvalue weighted by atomic mass is 10.00. The number of aliphatic hydroxyl groups is 1. The molecule has 33 heavy (non-hydrogen) atoms. The second kappa shape index (κ2) is 10.2. The van der Waals surface area contributed by atoms with Crippen LogP contribution in [0.15, 0.2) is 48.5 Å². The minimum atomic E-state index is -3.19. The molecule has 0 saturated carbocycles. The summed E-state index contributed by atoms with van der Waals surface area (Å²) in [6, 6.07) is 15.5. The van der Waals surface area contributed by atoms with Crippen LogP contribution in [-0.2, 0) is 23.0 Å². The Hall–Kier alpha value is -2.46. The number of sulfonamides is 1. The van der Waals surface area contributed by atoms with Crippen molar-refractivity contribution in [2.45, 2.75) is 31.5 Å². The third kappa shape index (κ3) is 6.32. The first-order chi connectivity index (χ1) is 15.8. The Morgan fingerprint density at radius 2 is 1.94 bits per heavy atom. The Morgan fingerprint density at radius 1 is 1.15 bits per heavy atom. The number of rotatable bonds is 8. The molecule has 1 amide bonds. The van der Waals surface area contributed by atoms with Crippen LogP contribution < -0.4 is 10.6 Å². The summed E-state index contributed by atoms with van der Waals surface area (Å²) >= 11 is 0. The van der Waals surface area contributed by atoms with Gasteiger partial charge in [0.25, 0.3) is 5.91 Å². The maximum atomic E-state index is 12.6. The van der Waals surface area contributed by atoms with Gasteiger partial charge in [-0.2, -0.15) is 0 Å². The van der Waals surface area contributed by atoms with Crippen LogP contribution in [0.4, 0.5) is 5.69 Å². The van der Waals surface area contributed by atoms with Crippen molar-refractivity contribution in [3.8, 4) is 0 Å². The molecule has 0 spiro atoms. The number of β-amino-alcohol motifs (C(OH)–C–C–N with tert-alkyl or cyclic N) is 1. The van der Waals surface area contributed by atoms with E-state index in [1.165, 1.54) is 21.7 Å². The number of aliphatic hydroxyl groups excluding tert-OH is 1. The minimum absolute atomic E-state index is 0.00883. The summed E-state index contributed by atoms with van der Waals surface area (Å²) in [4.78, 5) is 14.8. The van der Waals surface area contributed by atoms with Crippen molar-refractivity contribution in [1.82, 2.24) is 14.5 Å². The van der Waals surface area contributed by atoms with Crippen molar-refractivity contribution in [3.05, 3.63) is 65.2 Å². The van der Waals surface area contributed by atoms with Gasteiger partial charge >= 0.3 is 0 Å². The molecular weight excluding hydrogens is 440 g/mol. The van der Waals surface area contributed by atoms with Crippen LogP contribution in [0.3, 0.4) is 0 Å². The second-order valence-corrected chi connectivity index (χ2v) is 10.9. The van der Waals surface area contributed by atoms with Crippen molar-refractivity contribution >= 4 is 21.6 Å². The number of nitrogens with zero attached hydrogens (tertiary/aromatic N) is 2. The van der Waals surface area contributed by atoms with Crippen LogP contribution in [-0.4, -0.2) is 79.8 Å². The predicted molar refractivity (Wildman–Crippen MR) is 129 cm³/mol. The van der Waals surface area contributed by atoms with Gasteiger partial charge < -0.3 is 15.7 Å². The lowest BCUT2D eigenvalue weighted by Crippen LogP contribution is -2.42. The molecule has 2 aromatic carbocycles. The van der Waals surface area contributed by atoms with E-state index in [0.29, 0.717) is 25.2 Å². The van der Waals surface area contributed by atoms with Crippen molar-refractivity contribution in [2.75, 3.05) is 44.3 Å². The van der Waals surface area contributed by atoms with E-state index in [-0.39, 0.29) is 18.5 Å². The van der Waals surface area contributed by atoms with Gasteiger partial charge in [-0.3, -0.25) is 9.69 Å². The average molecular weight is 473 g/mol. The Balaban J connectivity index is 1.25. The lowest BCUT2D eigenvalue weighted by molar-refractivity contribution is 0.0842. The standard InChI is InChI=1S/C24H32N4O4S/c1-33(31,32)28-12-10-22(16-28)26-21-8-4-7-19(13-21)24(30)25-14-23(29)17-27-11-9-18-5-2-3-6-20(18)15-27/h2-8,13,22-23,26,29H,9-12,14-17H2,1H3,(H,25,30). The zero-order valence-electron chi connectivity index (χ0n) is 18.9. The number of nitrogens with one attached hydrogen (secondary N) is 2. The van der Waals surface area contributed by atoms with E-state index in [1.807, 2.05) is 12.1 Å². The molecule has 0 bridgehead atoms. The number of hydrogen-bond acceptors (Lipinski definition) is 6. The van der Waals surface area contributed by atoms with Crippen LogP contribution in [0, 0.1) is 0 Å². The normalized spacial score (nSPS) is 20.2. The summed E-state index contributed by atoms with van der Waals surface area (Å²) in [5.74, 6) is -0.245. The Kier molecular flexibility index (Phi) is 7.33. The zero-order valence-corrected chi connectivity index (χ0v) is 19.7. The molecule has 1 saturated heterocycles. The molecule has 1 fully saturated rings. The molecule has 2 aliphatic heterocycles. The molecule has 0 radical (unpaired) electrons. The van der Waals surface area contributed by atoms with Gasteiger partial charge in [0.1, 0.15) is 0 Å². The Labute approximate surface area is 195 Å². The molecule has 3 N–H and O–H groups in total. The monoisotopic (exact) mass is 472 g/mol. The molecule has 2 aromatic rings. The molecule has 2 unspecified atom stereocenters. The molecule has 2 atom stereocenters. The molecule has 4 rings (SSSR count). The van der Waals surface area contributed by atoms with Gasteiger partial charge in [-0.05, 0) is 42.2 Å². The first kappa shape index (κ1) is 23.7. The van der Waals surface area contributed by atoms with Crippen LogP contribution in [0.2, 0.25) is 0 Å². The van der Waals surface area contributed by atoms with Gasteiger partial charge in [0.2, 0.25) is 10.0 Å². The number of fused-ring (bicyclic) bond motifs is 1. The van der Waals surface area contributed by atoms with E-state index >= 15 is 0 Å². The summed E-state index contributed by atoms with van der Waals surface area (Å²) in [7, 11) is -3.19. The number of hydrogen-bond donors (Lipinski definition) is 3. The van der Waals surface area contributed by atoms with Crippen molar-refractivity contribution in [2.24, 2.45) is 0 Å². The number of anilines is 1. The fraction of sp³-hybridized carbons (Fsp3) is 0.458. The molecule has 8 nitrogen and oxygen atoms in total. The topological polar surface area (TPSA) is 102 Å². The van der Waals surface area contributed by atoms with Gasteiger partial charge in [-0.15, -0.1) is 0 Å². The van der Waals surface area contributed by atoms with Crippen LogP contribution in [0.25, 0.3) is 0 Å². The van der Waals surface area contributed by atoms with E-state index in [9.17, 15) is 18.3 Å². The maximum absolute atomic E-state index is 12.6. The van der Waals surface area contributed by atoms with E-state index < -0.39 is 16.1 Å². The van der Waals surface area contributed by atoms with Crippen LogP contribution in [0.1, 0.15) is 27.9 Å². The lowest BCUT2D eigenvalue weighted by Gasteiger charge is -2.30. The van der Waals surface area contributed by atoms with Gasteiger partial charge in [0.15, 0.2) is 0 Å².